The summed E-state index contributed by atoms with van der Waals surface area (Å²) in [6, 6.07) is 12.4. The van der Waals surface area contributed by atoms with Gasteiger partial charge in [-0.3, -0.25) is 4.79 Å². The van der Waals surface area contributed by atoms with E-state index in [1.54, 1.807) is 24.3 Å². The van der Waals surface area contributed by atoms with Crippen LogP contribution in [0.15, 0.2) is 53.2 Å². The van der Waals surface area contributed by atoms with E-state index in [-0.39, 0.29) is 23.8 Å². The Hall–Kier alpha value is -2.82. The second-order valence-electron chi connectivity index (χ2n) is 4.34. The van der Waals surface area contributed by atoms with Crippen molar-refractivity contribution < 1.29 is 14.4 Å². The highest BCUT2D eigenvalue weighted by Crippen LogP contribution is 2.28. The molecule has 0 fully saturated rings. The maximum absolute atomic E-state index is 12.1. The number of fused-ring (bicyclic) bond motifs is 1. The highest BCUT2D eigenvalue weighted by atomic mass is 16.5. The quantitative estimate of drug-likeness (QED) is 0.765. The summed E-state index contributed by atoms with van der Waals surface area (Å²) in [5.74, 6) is 0.182. The number of phenols is 1. The Morgan fingerprint density at radius 2 is 2.05 bits per heavy atom. The van der Waals surface area contributed by atoms with Gasteiger partial charge in [0, 0.05) is 11.5 Å². The molecule has 1 amide bonds. The summed E-state index contributed by atoms with van der Waals surface area (Å²) in [4.78, 5) is 12.1. The summed E-state index contributed by atoms with van der Waals surface area (Å²) in [6.07, 6.45) is 1.51. The Kier molecular flexibility index (Phi) is 3.09. The van der Waals surface area contributed by atoms with E-state index in [0.29, 0.717) is 11.1 Å². The summed E-state index contributed by atoms with van der Waals surface area (Å²) < 4.78 is 4.89. The number of aromatic hydroxyl groups is 1. The van der Waals surface area contributed by atoms with Crippen LogP contribution in [0.3, 0.4) is 0 Å². The van der Waals surface area contributed by atoms with Crippen LogP contribution in [-0.2, 0) is 6.54 Å². The normalized spacial score (nSPS) is 10.6. The van der Waals surface area contributed by atoms with Crippen molar-refractivity contribution in [2.24, 2.45) is 0 Å². The first-order chi connectivity index (χ1) is 9.75. The minimum absolute atomic E-state index is 0.0156. The molecule has 100 valence electrons. The van der Waals surface area contributed by atoms with Gasteiger partial charge in [-0.1, -0.05) is 35.5 Å². The summed E-state index contributed by atoms with van der Waals surface area (Å²) in [7, 11) is 0. The van der Waals surface area contributed by atoms with Gasteiger partial charge in [-0.2, -0.15) is 0 Å². The van der Waals surface area contributed by atoms with Crippen LogP contribution in [0.4, 0.5) is 0 Å². The molecule has 3 rings (SSSR count). The number of rotatable bonds is 3. The molecule has 0 radical (unpaired) electrons. The van der Waals surface area contributed by atoms with E-state index in [1.165, 1.54) is 6.20 Å². The standard InChI is InChI=1S/C15H12N2O3/c18-14-12-4-2-1-3-10(12)5-6-13(14)15(19)16-9-11-7-8-17-20-11/h1-8,18H,9H2,(H,16,19). The topological polar surface area (TPSA) is 75.4 Å². The molecule has 3 aromatic rings. The Balaban J connectivity index is 1.86. The highest BCUT2D eigenvalue weighted by molar-refractivity contribution is 6.03. The summed E-state index contributed by atoms with van der Waals surface area (Å²) >= 11 is 0. The van der Waals surface area contributed by atoms with Crippen molar-refractivity contribution in [1.29, 1.82) is 0 Å². The molecule has 0 saturated heterocycles. The molecule has 5 heteroatoms. The zero-order chi connectivity index (χ0) is 13.9. The predicted octanol–water partition coefficient (Wildman–Crippen LogP) is 2.46. The van der Waals surface area contributed by atoms with Crippen LogP contribution in [-0.4, -0.2) is 16.2 Å². The van der Waals surface area contributed by atoms with Crippen LogP contribution in [0.25, 0.3) is 10.8 Å². The molecule has 0 aliphatic rings. The lowest BCUT2D eigenvalue weighted by Crippen LogP contribution is -2.22. The van der Waals surface area contributed by atoms with Crippen molar-refractivity contribution in [2.45, 2.75) is 6.54 Å². The van der Waals surface area contributed by atoms with Crippen molar-refractivity contribution in [3.8, 4) is 5.75 Å². The van der Waals surface area contributed by atoms with Gasteiger partial charge in [0.1, 0.15) is 5.75 Å². The van der Waals surface area contributed by atoms with E-state index in [0.717, 1.165) is 5.39 Å². The fourth-order valence-electron chi connectivity index (χ4n) is 2.03. The van der Waals surface area contributed by atoms with E-state index < -0.39 is 0 Å². The Labute approximate surface area is 114 Å². The number of nitrogens with zero attached hydrogens (tertiary/aromatic N) is 1. The zero-order valence-electron chi connectivity index (χ0n) is 10.5. The molecule has 1 aromatic heterocycles. The van der Waals surface area contributed by atoms with Crippen molar-refractivity contribution in [2.75, 3.05) is 0 Å². The van der Waals surface area contributed by atoms with E-state index in [1.807, 2.05) is 18.2 Å². The third kappa shape index (κ3) is 2.21. The second kappa shape index (κ2) is 5.05. The lowest BCUT2D eigenvalue weighted by Gasteiger charge is -2.08. The number of nitrogens with one attached hydrogen (secondary N) is 1. The number of amides is 1. The van der Waals surface area contributed by atoms with Crippen molar-refractivity contribution >= 4 is 16.7 Å². The monoisotopic (exact) mass is 268 g/mol. The molecule has 5 nitrogen and oxygen atoms in total. The number of carbonyl (C=O) groups excluding carboxylic acids is 1. The average molecular weight is 268 g/mol. The minimum Gasteiger partial charge on any atom is -0.506 e. The zero-order valence-corrected chi connectivity index (χ0v) is 10.5. The third-order valence-corrected chi connectivity index (χ3v) is 3.06. The van der Waals surface area contributed by atoms with Gasteiger partial charge in [0.05, 0.1) is 18.3 Å². The number of aromatic nitrogens is 1. The molecule has 0 bridgehead atoms. The van der Waals surface area contributed by atoms with E-state index in [9.17, 15) is 9.90 Å². The van der Waals surface area contributed by atoms with Crippen LogP contribution in [0.1, 0.15) is 16.1 Å². The molecule has 1 heterocycles. The van der Waals surface area contributed by atoms with Gasteiger partial charge in [-0.05, 0) is 11.5 Å². The minimum atomic E-state index is -0.357. The van der Waals surface area contributed by atoms with Gasteiger partial charge in [0.25, 0.3) is 5.91 Å². The largest absolute Gasteiger partial charge is 0.506 e. The van der Waals surface area contributed by atoms with Crippen LogP contribution in [0, 0.1) is 0 Å². The van der Waals surface area contributed by atoms with Gasteiger partial charge < -0.3 is 14.9 Å². The first-order valence-electron chi connectivity index (χ1n) is 6.14. The molecular formula is C15H12N2O3. The van der Waals surface area contributed by atoms with E-state index in [2.05, 4.69) is 10.5 Å². The first-order valence-corrected chi connectivity index (χ1v) is 6.14. The summed E-state index contributed by atoms with van der Waals surface area (Å²) in [6.45, 7) is 0.227. The average Bonchev–Trinajstić information content (AvgIpc) is 2.99. The Bertz CT molecular complexity index is 751. The predicted molar refractivity (Wildman–Crippen MR) is 73.3 cm³/mol. The van der Waals surface area contributed by atoms with Gasteiger partial charge in [0.15, 0.2) is 5.76 Å². The molecule has 0 spiro atoms. The highest BCUT2D eigenvalue weighted by Gasteiger charge is 2.13. The fraction of sp³-hybridized carbons (Fsp3) is 0.0667. The fourth-order valence-corrected chi connectivity index (χ4v) is 2.03. The molecule has 0 saturated carbocycles. The molecule has 2 N–H and O–H groups in total. The number of benzene rings is 2. The van der Waals surface area contributed by atoms with Gasteiger partial charge in [-0.25, -0.2) is 0 Å². The molecular weight excluding hydrogens is 256 g/mol. The smallest absolute Gasteiger partial charge is 0.255 e. The number of carbonyl (C=O) groups is 1. The SMILES string of the molecule is O=C(NCc1ccno1)c1ccc2ccccc2c1O. The molecule has 20 heavy (non-hydrogen) atoms. The number of hydrogen-bond acceptors (Lipinski definition) is 4. The molecule has 0 aliphatic heterocycles. The van der Waals surface area contributed by atoms with Crippen LogP contribution >= 0.6 is 0 Å². The lowest BCUT2D eigenvalue weighted by molar-refractivity contribution is 0.0944. The van der Waals surface area contributed by atoms with Gasteiger partial charge >= 0.3 is 0 Å². The molecule has 2 aromatic carbocycles. The Morgan fingerprint density at radius 1 is 1.20 bits per heavy atom. The third-order valence-electron chi connectivity index (χ3n) is 3.06. The Morgan fingerprint density at radius 3 is 2.85 bits per heavy atom. The maximum atomic E-state index is 12.1. The molecule has 0 aliphatic carbocycles. The molecule has 0 unspecified atom stereocenters. The second-order valence-corrected chi connectivity index (χ2v) is 4.34. The van der Waals surface area contributed by atoms with Gasteiger partial charge in [-0.15, -0.1) is 0 Å². The van der Waals surface area contributed by atoms with Crippen molar-refractivity contribution in [3.63, 3.8) is 0 Å². The van der Waals surface area contributed by atoms with Crippen LogP contribution in [0.5, 0.6) is 5.75 Å². The lowest BCUT2D eigenvalue weighted by atomic mass is 10.0. The van der Waals surface area contributed by atoms with E-state index >= 15 is 0 Å². The number of hydrogen-bond donors (Lipinski definition) is 2. The van der Waals surface area contributed by atoms with Crippen molar-refractivity contribution in [1.82, 2.24) is 10.5 Å². The van der Waals surface area contributed by atoms with E-state index in [4.69, 9.17) is 4.52 Å². The van der Waals surface area contributed by atoms with Crippen LogP contribution in [0.2, 0.25) is 0 Å². The van der Waals surface area contributed by atoms with Crippen molar-refractivity contribution in [3.05, 3.63) is 60.0 Å². The first kappa shape index (κ1) is 12.2. The summed E-state index contributed by atoms with van der Waals surface area (Å²) in [5.41, 5.74) is 0.239. The molecule has 0 atom stereocenters. The maximum Gasteiger partial charge on any atom is 0.255 e. The van der Waals surface area contributed by atoms with Crippen LogP contribution < -0.4 is 5.32 Å². The number of phenolic OH excluding ortho intramolecular Hbond substituents is 1. The van der Waals surface area contributed by atoms with Gasteiger partial charge in [0.2, 0.25) is 0 Å². The summed E-state index contributed by atoms with van der Waals surface area (Å²) in [5, 5.41) is 17.9.